The van der Waals surface area contributed by atoms with Crippen LogP contribution < -0.4 is 4.18 Å². The van der Waals surface area contributed by atoms with Crippen LogP contribution >= 0.6 is 0 Å². The molecule has 0 aromatic heterocycles. The van der Waals surface area contributed by atoms with Gasteiger partial charge in [-0.3, -0.25) is 13.9 Å². The molecule has 168 valence electrons. The second-order valence-corrected chi connectivity index (χ2v) is 12.6. The van der Waals surface area contributed by atoms with Crippen LogP contribution in [0, 0.1) is 16.7 Å². The predicted molar refractivity (Wildman–Crippen MR) is 101 cm³/mol. The molecule has 0 heterocycles. The van der Waals surface area contributed by atoms with Crippen molar-refractivity contribution in [3.05, 3.63) is 12.1 Å². The van der Waals surface area contributed by atoms with E-state index < -0.39 is 68.2 Å². The molecule has 3 N–H and O–H groups in total. The Balaban J connectivity index is 2.07. The number of phenolic OH excluding ortho intramolecular Hbond substituents is 1. The Morgan fingerprint density at radius 2 is 1.67 bits per heavy atom. The number of hydrogen-bond donors (Lipinski definition) is 3. The molecule has 2 aliphatic carbocycles. The quantitative estimate of drug-likeness (QED) is 0.385. The number of ketones is 1. The van der Waals surface area contributed by atoms with Crippen LogP contribution in [0.2, 0.25) is 0 Å². The van der Waals surface area contributed by atoms with Crippen LogP contribution in [0.1, 0.15) is 33.1 Å². The van der Waals surface area contributed by atoms with Crippen molar-refractivity contribution >= 4 is 36.1 Å². The molecular weight excluding hydrogens is 464 g/mol. The maximum atomic E-state index is 12.7. The van der Waals surface area contributed by atoms with Crippen LogP contribution in [0.3, 0.4) is 0 Å². The van der Waals surface area contributed by atoms with Gasteiger partial charge in [0, 0.05) is 12.5 Å². The van der Waals surface area contributed by atoms with Crippen LogP contribution in [-0.2, 0) is 35.1 Å². The Labute approximate surface area is 173 Å². The van der Waals surface area contributed by atoms with Crippen molar-refractivity contribution in [2.24, 2.45) is 16.7 Å². The second kappa shape index (κ2) is 6.63. The largest absolute Gasteiger partial charge is 0.503 e. The Morgan fingerprint density at radius 3 is 2.10 bits per heavy atom. The van der Waals surface area contributed by atoms with E-state index in [0.717, 1.165) is 0 Å². The molecular formula is C16H20O11S3. The molecule has 0 aliphatic heterocycles. The van der Waals surface area contributed by atoms with Gasteiger partial charge in [-0.2, -0.15) is 25.3 Å². The van der Waals surface area contributed by atoms with E-state index in [4.69, 9.17) is 4.18 Å². The number of hydrogen-bond acceptors (Lipinski definition) is 9. The summed E-state index contributed by atoms with van der Waals surface area (Å²) in [5.74, 6) is -3.51. The van der Waals surface area contributed by atoms with Gasteiger partial charge in [0.1, 0.15) is 10.7 Å². The molecule has 14 heteroatoms. The van der Waals surface area contributed by atoms with Gasteiger partial charge in [0.05, 0.1) is 16.1 Å². The van der Waals surface area contributed by atoms with E-state index in [-0.39, 0.29) is 24.2 Å². The highest BCUT2D eigenvalue weighted by molar-refractivity contribution is 7.87. The van der Waals surface area contributed by atoms with Crippen molar-refractivity contribution in [2.45, 2.75) is 42.9 Å². The first-order valence-electron chi connectivity index (χ1n) is 8.68. The maximum Gasteiger partial charge on any atom is 0.310 e. The SMILES string of the molecule is CC1(C)C2CCC1(CS(=O)(=O)Oc1cc(S(=O)(=O)O)cc(S(=O)(=O)O)c1O)C(=O)C2. The van der Waals surface area contributed by atoms with Crippen LogP contribution in [0.25, 0.3) is 0 Å². The summed E-state index contributed by atoms with van der Waals surface area (Å²) >= 11 is 0. The van der Waals surface area contributed by atoms with Crippen molar-refractivity contribution < 1.29 is 48.4 Å². The number of aromatic hydroxyl groups is 1. The summed E-state index contributed by atoms with van der Waals surface area (Å²) in [6.45, 7) is 3.55. The summed E-state index contributed by atoms with van der Waals surface area (Å²) in [5.41, 5.74) is -1.88. The van der Waals surface area contributed by atoms with E-state index in [1.807, 2.05) is 0 Å². The first-order chi connectivity index (χ1) is 13.4. The number of benzene rings is 1. The molecule has 0 saturated heterocycles. The Kier molecular flexibility index (Phi) is 5.07. The number of carbonyl (C=O) groups is 1. The van der Waals surface area contributed by atoms with E-state index in [9.17, 15) is 44.3 Å². The third-order valence-electron chi connectivity index (χ3n) is 6.37. The third-order valence-corrected chi connectivity index (χ3v) is 9.35. The van der Waals surface area contributed by atoms with E-state index in [1.165, 1.54) is 0 Å². The molecule has 3 rings (SSSR count). The molecule has 2 bridgehead atoms. The van der Waals surface area contributed by atoms with Crippen molar-refractivity contribution in [3.63, 3.8) is 0 Å². The minimum absolute atomic E-state index is 0.00240. The fraction of sp³-hybridized carbons (Fsp3) is 0.562. The minimum atomic E-state index is -5.21. The van der Waals surface area contributed by atoms with E-state index in [2.05, 4.69) is 0 Å². The topological polar surface area (TPSA) is 189 Å². The van der Waals surface area contributed by atoms with Gasteiger partial charge in [-0.05, 0) is 30.2 Å². The smallest absolute Gasteiger partial charge is 0.310 e. The van der Waals surface area contributed by atoms with Crippen LogP contribution in [0.5, 0.6) is 11.5 Å². The lowest BCUT2D eigenvalue weighted by Gasteiger charge is -2.35. The summed E-state index contributed by atoms with van der Waals surface area (Å²) in [5, 5.41) is 10.1. The molecule has 2 saturated carbocycles. The number of rotatable bonds is 6. The Morgan fingerprint density at radius 1 is 1.07 bits per heavy atom. The zero-order valence-corrected chi connectivity index (χ0v) is 18.3. The van der Waals surface area contributed by atoms with Crippen molar-refractivity contribution in [2.75, 3.05) is 5.75 Å². The van der Waals surface area contributed by atoms with Crippen LogP contribution in [0.15, 0.2) is 21.9 Å². The predicted octanol–water partition coefficient (Wildman–Crippen LogP) is 0.990. The normalized spacial score (nSPS) is 26.1. The van der Waals surface area contributed by atoms with Gasteiger partial charge < -0.3 is 9.29 Å². The van der Waals surface area contributed by atoms with Crippen LogP contribution in [0.4, 0.5) is 0 Å². The number of Topliss-reactive ketones (excluding diaryl/α,β-unsaturated/α-hetero) is 1. The summed E-state index contributed by atoms with van der Waals surface area (Å²) in [4.78, 5) is 10.0. The van der Waals surface area contributed by atoms with Gasteiger partial charge in [-0.25, -0.2) is 0 Å². The fourth-order valence-electron chi connectivity index (χ4n) is 4.54. The van der Waals surface area contributed by atoms with Gasteiger partial charge in [0.25, 0.3) is 20.2 Å². The van der Waals surface area contributed by atoms with Gasteiger partial charge in [-0.1, -0.05) is 13.8 Å². The highest BCUT2D eigenvalue weighted by Crippen LogP contribution is 2.64. The molecule has 0 spiro atoms. The van der Waals surface area contributed by atoms with Gasteiger partial charge in [0.15, 0.2) is 11.5 Å². The summed E-state index contributed by atoms with van der Waals surface area (Å²) in [6, 6.07) is 0.636. The highest BCUT2D eigenvalue weighted by Gasteiger charge is 2.65. The molecule has 2 fully saturated rings. The van der Waals surface area contributed by atoms with Crippen molar-refractivity contribution in [3.8, 4) is 11.5 Å². The monoisotopic (exact) mass is 484 g/mol. The van der Waals surface area contributed by atoms with E-state index >= 15 is 0 Å². The second-order valence-electron chi connectivity index (χ2n) is 8.17. The summed E-state index contributed by atoms with van der Waals surface area (Å²) in [7, 11) is -14.9. The van der Waals surface area contributed by atoms with Crippen LogP contribution in [-0.4, -0.2) is 51.0 Å². The van der Waals surface area contributed by atoms with Crippen molar-refractivity contribution in [1.29, 1.82) is 0 Å². The molecule has 0 amide bonds. The molecule has 0 radical (unpaired) electrons. The standard InChI is InChI=1S/C16H20O11S3/c1-15(2)9-3-4-16(15,13(17)5-9)8-28(19,20)27-11-6-10(29(21,22)23)7-12(14(11)18)30(24,25)26/h6-7,9,18H,3-5,8H2,1-2H3,(H,21,22,23)(H,24,25,26). The van der Waals surface area contributed by atoms with E-state index in [1.54, 1.807) is 13.8 Å². The lowest BCUT2D eigenvalue weighted by molar-refractivity contribution is -0.128. The molecule has 30 heavy (non-hydrogen) atoms. The first kappa shape index (κ1) is 22.9. The Bertz CT molecular complexity index is 1240. The van der Waals surface area contributed by atoms with E-state index in [0.29, 0.717) is 18.9 Å². The summed E-state index contributed by atoms with van der Waals surface area (Å²) < 4.78 is 94.3. The van der Waals surface area contributed by atoms with Gasteiger partial charge in [0.2, 0.25) is 0 Å². The maximum absolute atomic E-state index is 12.7. The number of carbonyl (C=O) groups excluding carboxylic acids is 1. The van der Waals surface area contributed by atoms with Crippen molar-refractivity contribution in [1.82, 2.24) is 0 Å². The highest BCUT2D eigenvalue weighted by atomic mass is 32.2. The summed E-state index contributed by atoms with van der Waals surface area (Å²) in [6.07, 6.45) is 1.17. The molecule has 1 aromatic carbocycles. The molecule has 2 unspecified atom stereocenters. The third kappa shape index (κ3) is 3.60. The number of fused-ring (bicyclic) bond motifs is 2. The zero-order chi connectivity index (χ0) is 22.9. The average Bonchev–Trinajstić information content (AvgIpc) is 2.88. The first-order valence-corrected chi connectivity index (χ1v) is 13.1. The fourth-order valence-corrected chi connectivity index (χ4v) is 7.50. The van der Waals surface area contributed by atoms with Gasteiger partial charge in [-0.15, -0.1) is 0 Å². The molecule has 1 aromatic rings. The lowest BCUT2D eigenvalue weighted by Crippen LogP contribution is -2.43. The van der Waals surface area contributed by atoms with Gasteiger partial charge >= 0.3 is 10.1 Å². The molecule has 11 nitrogen and oxygen atoms in total. The molecule has 2 aliphatic rings. The zero-order valence-electron chi connectivity index (χ0n) is 15.9. The average molecular weight is 485 g/mol. The number of phenols is 1. The molecule has 2 atom stereocenters. The Hall–Kier alpha value is -1.74. The minimum Gasteiger partial charge on any atom is -0.503 e. The lowest BCUT2D eigenvalue weighted by atomic mass is 9.70.